The first kappa shape index (κ1) is 15.6. The maximum atomic E-state index is 12.2. The van der Waals surface area contributed by atoms with E-state index in [0.717, 1.165) is 48.2 Å². The van der Waals surface area contributed by atoms with Gasteiger partial charge in [-0.25, -0.2) is 4.98 Å². The topological polar surface area (TPSA) is 55.1 Å². The molecule has 0 aliphatic heterocycles. The molecule has 0 atom stereocenters. The number of anilines is 1. The third-order valence-electron chi connectivity index (χ3n) is 4.70. The van der Waals surface area contributed by atoms with Crippen LogP contribution in [-0.4, -0.2) is 10.9 Å². The molecule has 1 saturated carbocycles. The van der Waals surface area contributed by atoms with Crippen molar-refractivity contribution in [3.63, 3.8) is 0 Å². The molecule has 3 aromatic rings. The first-order valence-electron chi connectivity index (χ1n) is 8.72. The number of rotatable bonds is 4. The first-order chi connectivity index (χ1) is 12.3. The van der Waals surface area contributed by atoms with E-state index < -0.39 is 0 Å². The predicted molar refractivity (Wildman–Crippen MR) is 98.0 cm³/mol. The van der Waals surface area contributed by atoms with Gasteiger partial charge in [-0.3, -0.25) is 4.79 Å². The molecule has 0 saturated heterocycles. The van der Waals surface area contributed by atoms with Gasteiger partial charge in [0, 0.05) is 22.7 Å². The fourth-order valence-corrected chi connectivity index (χ4v) is 3.28. The summed E-state index contributed by atoms with van der Waals surface area (Å²) in [4.78, 5) is 16.7. The molecule has 1 aliphatic carbocycles. The largest absolute Gasteiger partial charge is 0.444 e. The summed E-state index contributed by atoms with van der Waals surface area (Å²) in [6.07, 6.45) is 5.99. The van der Waals surface area contributed by atoms with Crippen molar-refractivity contribution >= 4 is 11.6 Å². The van der Waals surface area contributed by atoms with Gasteiger partial charge >= 0.3 is 0 Å². The summed E-state index contributed by atoms with van der Waals surface area (Å²) < 4.78 is 5.61. The molecule has 1 fully saturated rings. The first-order valence-corrected chi connectivity index (χ1v) is 8.72. The Labute approximate surface area is 146 Å². The number of nitrogens with zero attached hydrogens (tertiary/aromatic N) is 1. The Balaban J connectivity index is 1.47. The van der Waals surface area contributed by atoms with Crippen molar-refractivity contribution in [3.8, 4) is 22.7 Å². The summed E-state index contributed by atoms with van der Waals surface area (Å²) in [7, 11) is 0. The smallest absolute Gasteiger partial charge is 0.227 e. The molecule has 0 radical (unpaired) electrons. The lowest BCUT2D eigenvalue weighted by Crippen LogP contribution is -2.20. The van der Waals surface area contributed by atoms with Crippen molar-refractivity contribution in [2.75, 3.05) is 5.32 Å². The lowest BCUT2D eigenvalue weighted by atomic mass is 10.1. The average Bonchev–Trinajstić information content (AvgIpc) is 3.35. The third-order valence-corrected chi connectivity index (χ3v) is 4.70. The van der Waals surface area contributed by atoms with E-state index in [-0.39, 0.29) is 11.8 Å². The Bertz CT molecular complexity index is 847. The second-order valence-corrected chi connectivity index (χ2v) is 6.45. The Morgan fingerprint density at radius 2 is 1.68 bits per heavy atom. The number of oxazole rings is 1. The number of carbonyl (C=O) groups is 1. The predicted octanol–water partition coefficient (Wildman–Crippen LogP) is 5.14. The van der Waals surface area contributed by atoms with Crippen LogP contribution in [0.4, 0.5) is 5.69 Å². The molecule has 25 heavy (non-hydrogen) atoms. The minimum Gasteiger partial charge on any atom is -0.444 e. The van der Waals surface area contributed by atoms with Gasteiger partial charge in [0.15, 0.2) is 0 Å². The highest BCUT2D eigenvalue weighted by Gasteiger charge is 2.22. The van der Waals surface area contributed by atoms with Crippen LogP contribution in [-0.2, 0) is 4.79 Å². The molecule has 0 unspecified atom stereocenters. The summed E-state index contributed by atoms with van der Waals surface area (Å²) in [6.45, 7) is 0. The highest BCUT2D eigenvalue weighted by atomic mass is 16.3. The summed E-state index contributed by atoms with van der Waals surface area (Å²) in [5.41, 5.74) is 3.55. The van der Waals surface area contributed by atoms with E-state index in [1.807, 2.05) is 54.6 Å². The van der Waals surface area contributed by atoms with Crippen molar-refractivity contribution < 1.29 is 9.21 Å². The number of benzene rings is 2. The minimum atomic E-state index is 0.132. The van der Waals surface area contributed by atoms with E-state index in [4.69, 9.17) is 4.42 Å². The third kappa shape index (κ3) is 3.48. The Morgan fingerprint density at radius 1 is 0.960 bits per heavy atom. The molecule has 0 spiro atoms. The second-order valence-electron chi connectivity index (χ2n) is 6.45. The SMILES string of the molecule is O=C(Nc1ccc(-c2nc(-c3ccccc3)co2)cc1)C1CCCC1. The van der Waals surface area contributed by atoms with Crippen LogP contribution >= 0.6 is 0 Å². The molecule has 1 aromatic heterocycles. The van der Waals surface area contributed by atoms with Crippen LogP contribution in [0.1, 0.15) is 25.7 Å². The number of carbonyl (C=O) groups excluding carboxylic acids is 1. The van der Waals surface area contributed by atoms with Gasteiger partial charge in [-0.05, 0) is 37.1 Å². The van der Waals surface area contributed by atoms with Gasteiger partial charge in [-0.1, -0.05) is 43.2 Å². The highest BCUT2D eigenvalue weighted by molar-refractivity contribution is 5.92. The average molecular weight is 332 g/mol. The van der Waals surface area contributed by atoms with Gasteiger partial charge in [0.25, 0.3) is 0 Å². The molecular formula is C21H20N2O2. The lowest BCUT2D eigenvalue weighted by Gasteiger charge is -2.10. The zero-order chi connectivity index (χ0) is 17.1. The number of amides is 1. The van der Waals surface area contributed by atoms with Gasteiger partial charge in [0.2, 0.25) is 11.8 Å². The van der Waals surface area contributed by atoms with Crippen LogP contribution in [0, 0.1) is 5.92 Å². The summed E-state index contributed by atoms with van der Waals surface area (Å²) in [5, 5.41) is 3.00. The van der Waals surface area contributed by atoms with E-state index in [0.29, 0.717) is 5.89 Å². The Kier molecular flexibility index (Phi) is 4.34. The quantitative estimate of drug-likeness (QED) is 0.720. The van der Waals surface area contributed by atoms with Gasteiger partial charge in [-0.2, -0.15) is 0 Å². The van der Waals surface area contributed by atoms with Crippen molar-refractivity contribution in [2.24, 2.45) is 5.92 Å². The van der Waals surface area contributed by atoms with Gasteiger partial charge in [-0.15, -0.1) is 0 Å². The molecule has 4 rings (SSSR count). The fourth-order valence-electron chi connectivity index (χ4n) is 3.28. The Morgan fingerprint density at radius 3 is 2.40 bits per heavy atom. The van der Waals surface area contributed by atoms with Crippen LogP contribution in [0.15, 0.2) is 65.3 Å². The van der Waals surface area contributed by atoms with E-state index in [2.05, 4.69) is 10.3 Å². The molecule has 1 N–H and O–H groups in total. The fraction of sp³-hybridized carbons (Fsp3) is 0.238. The van der Waals surface area contributed by atoms with Crippen molar-refractivity contribution in [1.82, 2.24) is 4.98 Å². The van der Waals surface area contributed by atoms with Crippen molar-refractivity contribution in [3.05, 3.63) is 60.9 Å². The second kappa shape index (κ2) is 6.93. The molecule has 4 heteroatoms. The standard InChI is InChI=1S/C21H20N2O2/c24-20(16-8-4-5-9-16)22-18-12-10-17(11-13-18)21-23-19(14-25-21)15-6-2-1-3-7-15/h1-3,6-7,10-14,16H,4-5,8-9H2,(H,22,24). The maximum absolute atomic E-state index is 12.2. The molecular weight excluding hydrogens is 312 g/mol. The maximum Gasteiger partial charge on any atom is 0.227 e. The monoisotopic (exact) mass is 332 g/mol. The Hall–Kier alpha value is -2.88. The van der Waals surface area contributed by atoms with Crippen molar-refractivity contribution in [1.29, 1.82) is 0 Å². The molecule has 4 nitrogen and oxygen atoms in total. The van der Waals surface area contributed by atoms with Crippen LogP contribution < -0.4 is 5.32 Å². The summed E-state index contributed by atoms with van der Waals surface area (Å²) in [6, 6.07) is 17.6. The number of nitrogens with one attached hydrogen (secondary N) is 1. The summed E-state index contributed by atoms with van der Waals surface area (Å²) >= 11 is 0. The lowest BCUT2D eigenvalue weighted by molar-refractivity contribution is -0.119. The zero-order valence-corrected chi connectivity index (χ0v) is 13.9. The highest BCUT2D eigenvalue weighted by Crippen LogP contribution is 2.28. The van der Waals surface area contributed by atoms with E-state index in [9.17, 15) is 4.79 Å². The number of aromatic nitrogens is 1. The van der Waals surface area contributed by atoms with Gasteiger partial charge < -0.3 is 9.73 Å². The number of hydrogen-bond donors (Lipinski definition) is 1. The molecule has 126 valence electrons. The molecule has 1 heterocycles. The van der Waals surface area contributed by atoms with Crippen molar-refractivity contribution in [2.45, 2.75) is 25.7 Å². The molecule has 1 amide bonds. The normalized spacial score (nSPS) is 14.6. The molecule has 1 aliphatic rings. The van der Waals surface area contributed by atoms with Crippen LogP contribution in [0.5, 0.6) is 0 Å². The van der Waals surface area contributed by atoms with Crippen LogP contribution in [0.3, 0.4) is 0 Å². The van der Waals surface area contributed by atoms with Crippen LogP contribution in [0.25, 0.3) is 22.7 Å². The molecule has 2 aromatic carbocycles. The van der Waals surface area contributed by atoms with E-state index >= 15 is 0 Å². The summed E-state index contributed by atoms with van der Waals surface area (Å²) in [5.74, 6) is 0.875. The number of hydrogen-bond acceptors (Lipinski definition) is 3. The minimum absolute atomic E-state index is 0.132. The molecule has 0 bridgehead atoms. The zero-order valence-electron chi connectivity index (χ0n) is 13.9. The van der Waals surface area contributed by atoms with Crippen LogP contribution in [0.2, 0.25) is 0 Å². The van der Waals surface area contributed by atoms with Gasteiger partial charge in [0.05, 0.1) is 0 Å². The van der Waals surface area contributed by atoms with Gasteiger partial charge in [0.1, 0.15) is 12.0 Å². The van der Waals surface area contributed by atoms with E-state index in [1.165, 1.54) is 0 Å². The van der Waals surface area contributed by atoms with E-state index in [1.54, 1.807) is 6.26 Å².